The van der Waals surface area contributed by atoms with Gasteiger partial charge in [-0.25, -0.2) is 0 Å². The quantitative estimate of drug-likeness (QED) is 0.709. The summed E-state index contributed by atoms with van der Waals surface area (Å²) in [6.45, 7) is 4.42. The Labute approximate surface area is 152 Å². The van der Waals surface area contributed by atoms with Crippen LogP contribution in [0.25, 0.3) is 0 Å². The summed E-state index contributed by atoms with van der Waals surface area (Å²) >= 11 is 1.49. The van der Waals surface area contributed by atoms with Crippen LogP contribution in [0.5, 0.6) is 5.75 Å². The molecule has 0 saturated heterocycles. The van der Waals surface area contributed by atoms with E-state index in [1.165, 1.54) is 11.3 Å². The molecule has 1 heterocycles. The van der Waals surface area contributed by atoms with Crippen LogP contribution in [0, 0.1) is 6.92 Å². The number of hydrogen-bond donors (Lipinski definition) is 2. The predicted molar refractivity (Wildman–Crippen MR) is 100 cm³/mol. The fourth-order valence-electron chi connectivity index (χ4n) is 2.53. The molecule has 1 atom stereocenters. The van der Waals surface area contributed by atoms with E-state index in [4.69, 9.17) is 4.74 Å². The molecule has 0 radical (unpaired) electrons. The fourth-order valence-corrected chi connectivity index (χ4v) is 3.17. The van der Waals surface area contributed by atoms with Crippen molar-refractivity contribution in [2.45, 2.75) is 32.7 Å². The molecule has 2 N–H and O–H groups in total. The maximum atomic E-state index is 12.1. The number of methoxy groups -OCH3 is 1. The highest BCUT2D eigenvalue weighted by Gasteiger charge is 2.14. The van der Waals surface area contributed by atoms with Crippen LogP contribution >= 0.6 is 11.3 Å². The average Bonchev–Trinajstić information content (AvgIpc) is 3.13. The van der Waals surface area contributed by atoms with Crippen LogP contribution in [0.1, 0.15) is 47.3 Å². The van der Waals surface area contributed by atoms with Crippen molar-refractivity contribution in [3.63, 3.8) is 0 Å². The van der Waals surface area contributed by atoms with Gasteiger partial charge in [0.2, 0.25) is 5.91 Å². The average molecular weight is 360 g/mol. The lowest BCUT2D eigenvalue weighted by atomic mass is 10.0. The number of thiophene rings is 1. The zero-order valence-electron chi connectivity index (χ0n) is 14.8. The van der Waals surface area contributed by atoms with E-state index in [0.29, 0.717) is 24.9 Å². The molecule has 0 aliphatic rings. The van der Waals surface area contributed by atoms with Gasteiger partial charge in [-0.15, -0.1) is 0 Å². The number of rotatable bonds is 8. The fraction of sp³-hybridized carbons (Fsp3) is 0.368. The molecule has 1 aromatic heterocycles. The van der Waals surface area contributed by atoms with E-state index in [2.05, 4.69) is 10.6 Å². The lowest BCUT2D eigenvalue weighted by Crippen LogP contribution is -2.29. The molecule has 0 fully saturated rings. The third-order valence-corrected chi connectivity index (χ3v) is 4.56. The van der Waals surface area contributed by atoms with Crippen LogP contribution in [0.3, 0.4) is 0 Å². The highest BCUT2D eigenvalue weighted by atomic mass is 32.1. The molecule has 0 aliphatic carbocycles. The number of benzene rings is 1. The molecular weight excluding hydrogens is 336 g/mol. The van der Waals surface area contributed by atoms with Crippen molar-refractivity contribution in [3.05, 3.63) is 51.7 Å². The van der Waals surface area contributed by atoms with Crippen molar-refractivity contribution in [1.82, 2.24) is 10.6 Å². The maximum absolute atomic E-state index is 12.1. The third kappa shape index (κ3) is 5.60. The van der Waals surface area contributed by atoms with Crippen LogP contribution in [0.4, 0.5) is 0 Å². The highest BCUT2D eigenvalue weighted by molar-refractivity contribution is 7.08. The van der Waals surface area contributed by atoms with Crippen molar-refractivity contribution < 1.29 is 14.3 Å². The van der Waals surface area contributed by atoms with Crippen molar-refractivity contribution in [1.29, 1.82) is 0 Å². The van der Waals surface area contributed by atoms with Gasteiger partial charge in [0.1, 0.15) is 5.75 Å². The molecule has 2 rings (SSSR count). The van der Waals surface area contributed by atoms with E-state index >= 15 is 0 Å². The summed E-state index contributed by atoms with van der Waals surface area (Å²) in [7, 11) is 1.62. The van der Waals surface area contributed by atoms with E-state index in [9.17, 15) is 9.59 Å². The Balaban J connectivity index is 1.76. The minimum Gasteiger partial charge on any atom is -0.496 e. The van der Waals surface area contributed by atoms with Gasteiger partial charge in [-0.3, -0.25) is 9.59 Å². The predicted octanol–water partition coefficient (Wildman–Crippen LogP) is 3.45. The molecule has 2 aromatic rings. The van der Waals surface area contributed by atoms with Gasteiger partial charge >= 0.3 is 0 Å². The van der Waals surface area contributed by atoms with Crippen molar-refractivity contribution in [3.8, 4) is 5.75 Å². The number of carbonyl (C=O) groups excluding carboxylic acids is 2. The first-order valence-electron chi connectivity index (χ1n) is 8.25. The van der Waals surface area contributed by atoms with Gasteiger partial charge in [0.05, 0.1) is 13.2 Å². The molecule has 0 aliphatic heterocycles. The van der Waals surface area contributed by atoms with Gasteiger partial charge < -0.3 is 15.4 Å². The summed E-state index contributed by atoms with van der Waals surface area (Å²) in [5.74, 6) is 0.627. The highest BCUT2D eigenvalue weighted by Crippen LogP contribution is 2.26. The number of hydrogen-bond acceptors (Lipinski definition) is 4. The number of amides is 2. The first-order valence-corrected chi connectivity index (χ1v) is 9.20. The smallest absolute Gasteiger partial charge is 0.252 e. The number of nitrogens with one attached hydrogen (secondary N) is 2. The van der Waals surface area contributed by atoms with Crippen LogP contribution in [0.15, 0.2) is 35.0 Å². The van der Waals surface area contributed by atoms with E-state index in [1.54, 1.807) is 18.6 Å². The van der Waals surface area contributed by atoms with Crippen molar-refractivity contribution in [2.24, 2.45) is 0 Å². The molecular formula is C19H24N2O3S. The van der Waals surface area contributed by atoms with Gasteiger partial charge in [0.25, 0.3) is 5.91 Å². The van der Waals surface area contributed by atoms with Crippen LogP contribution in [-0.4, -0.2) is 25.5 Å². The van der Waals surface area contributed by atoms with Crippen LogP contribution in [0.2, 0.25) is 0 Å². The number of ether oxygens (including phenoxy) is 1. The standard InChI is InChI=1S/C19H24N2O3S/c1-13-6-7-17(24-3)16(11-13)14(2)21-18(22)5-4-9-20-19(23)15-8-10-25-12-15/h6-8,10-12,14H,4-5,9H2,1-3H3,(H,20,23)(H,21,22)/t14-/m0/s1. The summed E-state index contributed by atoms with van der Waals surface area (Å²) in [6.07, 6.45) is 0.960. The zero-order chi connectivity index (χ0) is 18.2. The molecule has 2 amide bonds. The Morgan fingerprint density at radius 2 is 2.08 bits per heavy atom. The summed E-state index contributed by atoms with van der Waals surface area (Å²) in [5, 5.41) is 9.47. The minimum atomic E-state index is -0.136. The molecule has 25 heavy (non-hydrogen) atoms. The molecule has 1 aromatic carbocycles. The van der Waals surface area contributed by atoms with Gasteiger partial charge in [-0.05, 0) is 37.8 Å². The first kappa shape index (κ1) is 19.0. The Kier molecular flexibility index (Phi) is 7.01. The Morgan fingerprint density at radius 3 is 2.76 bits per heavy atom. The lowest BCUT2D eigenvalue weighted by Gasteiger charge is -2.18. The second-order valence-electron chi connectivity index (χ2n) is 5.91. The molecule has 6 heteroatoms. The van der Waals surface area contributed by atoms with E-state index in [-0.39, 0.29) is 17.9 Å². The van der Waals surface area contributed by atoms with Crippen LogP contribution in [-0.2, 0) is 4.79 Å². The van der Waals surface area contributed by atoms with Crippen LogP contribution < -0.4 is 15.4 Å². The molecule has 0 spiro atoms. The van der Waals surface area contributed by atoms with Crippen molar-refractivity contribution >= 4 is 23.2 Å². The summed E-state index contributed by atoms with van der Waals surface area (Å²) in [6, 6.07) is 7.55. The van der Waals surface area contributed by atoms with Gasteiger partial charge in [-0.1, -0.05) is 17.7 Å². The van der Waals surface area contributed by atoms with Gasteiger partial charge in [0, 0.05) is 29.5 Å². The van der Waals surface area contributed by atoms with Gasteiger partial charge in [0.15, 0.2) is 0 Å². The maximum Gasteiger partial charge on any atom is 0.252 e. The second-order valence-corrected chi connectivity index (χ2v) is 6.69. The molecule has 0 unspecified atom stereocenters. The summed E-state index contributed by atoms with van der Waals surface area (Å²) in [5.41, 5.74) is 2.74. The Bertz CT molecular complexity index is 713. The number of aryl methyl sites for hydroxylation is 1. The second kappa shape index (κ2) is 9.22. The van der Waals surface area contributed by atoms with Crippen molar-refractivity contribution in [2.75, 3.05) is 13.7 Å². The largest absolute Gasteiger partial charge is 0.496 e. The summed E-state index contributed by atoms with van der Waals surface area (Å²) in [4.78, 5) is 23.9. The topological polar surface area (TPSA) is 67.4 Å². The monoisotopic (exact) mass is 360 g/mol. The minimum absolute atomic E-state index is 0.0409. The Morgan fingerprint density at radius 1 is 1.28 bits per heavy atom. The zero-order valence-corrected chi connectivity index (χ0v) is 15.6. The molecule has 5 nitrogen and oxygen atoms in total. The molecule has 134 valence electrons. The molecule has 0 saturated carbocycles. The SMILES string of the molecule is COc1ccc(C)cc1[C@H](C)NC(=O)CCCNC(=O)c1ccsc1. The van der Waals surface area contributed by atoms with E-state index in [0.717, 1.165) is 16.9 Å². The summed E-state index contributed by atoms with van der Waals surface area (Å²) < 4.78 is 5.37. The third-order valence-electron chi connectivity index (χ3n) is 3.88. The van der Waals surface area contributed by atoms with E-state index < -0.39 is 0 Å². The Hall–Kier alpha value is -2.34. The number of carbonyl (C=O) groups is 2. The first-order chi connectivity index (χ1) is 12.0. The molecule has 0 bridgehead atoms. The lowest BCUT2D eigenvalue weighted by molar-refractivity contribution is -0.121. The normalized spacial score (nSPS) is 11.6. The van der Waals surface area contributed by atoms with Gasteiger partial charge in [-0.2, -0.15) is 11.3 Å². The van der Waals surface area contributed by atoms with E-state index in [1.807, 2.05) is 37.4 Å².